The molecule has 0 spiro atoms. The molecule has 0 saturated carbocycles. The Bertz CT molecular complexity index is 3630. The minimum absolute atomic E-state index is 0.149. The largest absolute Gasteiger partial charge is 0.310 e. The zero-order chi connectivity index (χ0) is 44.0. The van der Waals surface area contributed by atoms with Crippen molar-refractivity contribution in [3.8, 4) is 44.5 Å². The van der Waals surface area contributed by atoms with Gasteiger partial charge in [-0.05, 0) is 121 Å². The van der Waals surface area contributed by atoms with Crippen LogP contribution in [0.1, 0.15) is 47.2 Å². The van der Waals surface area contributed by atoms with Crippen LogP contribution in [0.2, 0.25) is 0 Å². The van der Waals surface area contributed by atoms with Gasteiger partial charge in [0.25, 0.3) is 0 Å². The fraction of sp³-hybridized carbons (Fsp3) is 0.0625. The number of anilines is 3. The molecule has 1 nitrogen and oxygen atoms in total. The molecule has 0 amide bonds. The first kappa shape index (κ1) is 38.7. The van der Waals surface area contributed by atoms with E-state index in [0.717, 1.165) is 17.1 Å². The minimum Gasteiger partial charge on any atom is -0.310 e. The van der Waals surface area contributed by atoms with Crippen molar-refractivity contribution in [2.24, 2.45) is 0 Å². The van der Waals surface area contributed by atoms with Crippen LogP contribution in [-0.2, 0) is 10.8 Å². The summed E-state index contributed by atoms with van der Waals surface area (Å²) in [5, 5.41) is 2.57. The summed E-state index contributed by atoms with van der Waals surface area (Å²) < 4.78 is 2.62. The monoisotopic (exact) mass is 859 g/mol. The van der Waals surface area contributed by atoms with E-state index < -0.39 is 5.41 Å². The number of nitrogens with zero attached hydrogens (tertiary/aromatic N) is 1. The Morgan fingerprint density at radius 1 is 0.348 bits per heavy atom. The number of fused-ring (bicyclic) bond motifs is 9. The third-order valence-electron chi connectivity index (χ3n) is 14.6. The first-order valence-corrected chi connectivity index (χ1v) is 23.8. The molecule has 10 aromatic carbocycles. The lowest BCUT2D eigenvalue weighted by Crippen LogP contribution is -2.28. The smallest absolute Gasteiger partial charge is 0.0727 e. The summed E-state index contributed by atoms with van der Waals surface area (Å²) in [4.78, 5) is 2.49. The second-order valence-electron chi connectivity index (χ2n) is 18.4. The van der Waals surface area contributed by atoms with E-state index in [-0.39, 0.29) is 5.41 Å². The number of para-hydroxylation sites is 1. The van der Waals surface area contributed by atoms with E-state index in [1.165, 1.54) is 98.1 Å². The third-order valence-corrected chi connectivity index (χ3v) is 15.8. The van der Waals surface area contributed by atoms with Gasteiger partial charge in [0, 0.05) is 42.5 Å². The molecule has 2 aliphatic carbocycles. The van der Waals surface area contributed by atoms with E-state index in [9.17, 15) is 0 Å². The lowest BCUT2D eigenvalue weighted by molar-refractivity contribution is 0.660. The molecule has 0 radical (unpaired) electrons. The number of thiophene rings is 1. The zero-order valence-corrected chi connectivity index (χ0v) is 37.7. The number of hydrogen-bond acceptors (Lipinski definition) is 2. The van der Waals surface area contributed by atoms with Crippen molar-refractivity contribution < 1.29 is 0 Å². The van der Waals surface area contributed by atoms with Crippen LogP contribution in [0.3, 0.4) is 0 Å². The number of rotatable bonds is 7. The normalized spacial score (nSPS) is 13.8. The van der Waals surface area contributed by atoms with E-state index in [1.807, 2.05) is 11.3 Å². The van der Waals surface area contributed by atoms with Crippen LogP contribution in [0.5, 0.6) is 0 Å². The van der Waals surface area contributed by atoms with Gasteiger partial charge < -0.3 is 4.90 Å². The maximum atomic E-state index is 2.54. The van der Waals surface area contributed by atoms with Crippen molar-refractivity contribution in [2.45, 2.75) is 24.7 Å². The summed E-state index contributed by atoms with van der Waals surface area (Å²) in [5.41, 5.74) is 20.6. The van der Waals surface area contributed by atoms with Gasteiger partial charge in [0.05, 0.1) is 11.1 Å². The second-order valence-corrected chi connectivity index (χ2v) is 19.4. The van der Waals surface area contributed by atoms with Gasteiger partial charge in [0.1, 0.15) is 0 Å². The van der Waals surface area contributed by atoms with Crippen molar-refractivity contribution >= 4 is 48.6 Å². The standard InChI is InChI=1S/C64H45NS/c1-63(2)55-28-14-9-24-49(55)52-38-37-47(41-58(52)63)65(46-35-33-43(34-36-46)42-19-5-3-6-20-42)60-31-17-12-23-48(60)44-39-54-53-27-13-18-32-61(53)66-62(54)59(40-44)64(45-21-7-4-8-22-45)56-29-15-10-25-50(56)51-26-11-16-30-57(51)64/h3-41H,1-2H3. The fourth-order valence-electron chi connectivity index (χ4n) is 11.5. The highest BCUT2D eigenvalue weighted by Crippen LogP contribution is 2.59. The van der Waals surface area contributed by atoms with Crippen LogP contribution in [-0.4, -0.2) is 0 Å². The van der Waals surface area contributed by atoms with E-state index in [0.29, 0.717) is 0 Å². The zero-order valence-electron chi connectivity index (χ0n) is 36.9. The van der Waals surface area contributed by atoms with Crippen LogP contribution < -0.4 is 4.90 Å². The van der Waals surface area contributed by atoms with Crippen LogP contribution in [0.15, 0.2) is 237 Å². The fourth-order valence-corrected chi connectivity index (χ4v) is 12.8. The highest BCUT2D eigenvalue weighted by Gasteiger charge is 2.47. The van der Waals surface area contributed by atoms with E-state index in [2.05, 4.69) is 255 Å². The Hall–Kier alpha value is -7.78. The molecule has 0 bridgehead atoms. The second kappa shape index (κ2) is 14.9. The van der Waals surface area contributed by atoms with Gasteiger partial charge in [-0.25, -0.2) is 0 Å². The average Bonchev–Trinajstić information content (AvgIpc) is 3.98. The molecule has 2 heteroatoms. The predicted octanol–water partition coefficient (Wildman–Crippen LogP) is 17.5. The Balaban J connectivity index is 1.09. The number of benzene rings is 10. The molecule has 0 fully saturated rings. The molecule has 0 aliphatic heterocycles. The lowest BCUT2D eigenvalue weighted by atomic mass is 9.67. The van der Waals surface area contributed by atoms with Crippen LogP contribution in [0.25, 0.3) is 64.7 Å². The van der Waals surface area contributed by atoms with Crippen LogP contribution in [0, 0.1) is 0 Å². The van der Waals surface area contributed by atoms with E-state index in [4.69, 9.17) is 0 Å². The molecule has 1 heterocycles. The highest BCUT2D eigenvalue weighted by molar-refractivity contribution is 7.26. The van der Waals surface area contributed by atoms with Crippen molar-refractivity contribution in [1.82, 2.24) is 0 Å². The van der Waals surface area contributed by atoms with Gasteiger partial charge in [-0.15, -0.1) is 11.3 Å². The van der Waals surface area contributed by atoms with Crippen molar-refractivity contribution in [3.05, 3.63) is 270 Å². The first-order valence-electron chi connectivity index (χ1n) is 23.0. The van der Waals surface area contributed by atoms with Gasteiger partial charge in [0.2, 0.25) is 0 Å². The molecule has 66 heavy (non-hydrogen) atoms. The molecule has 2 aliphatic rings. The summed E-state index contributed by atoms with van der Waals surface area (Å²) in [6, 6.07) is 88.4. The summed E-state index contributed by atoms with van der Waals surface area (Å²) in [5.74, 6) is 0. The van der Waals surface area contributed by atoms with Crippen molar-refractivity contribution in [3.63, 3.8) is 0 Å². The van der Waals surface area contributed by atoms with Gasteiger partial charge in [-0.3, -0.25) is 0 Å². The Labute approximate surface area is 390 Å². The predicted molar refractivity (Wildman–Crippen MR) is 280 cm³/mol. The van der Waals surface area contributed by atoms with Gasteiger partial charge >= 0.3 is 0 Å². The molecular weight excluding hydrogens is 815 g/mol. The molecule has 0 unspecified atom stereocenters. The minimum atomic E-state index is -0.563. The quantitative estimate of drug-likeness (QED) is 0.154. The summed E-state index contributed by atoms with van der Waals surface area (Å²) >= 11 is 1.92. The number of hydrogen-bond donors (Lipinski definition) is 0. The topological polar surface area (TPSA) is 3.24 Å². The summed E-state index contributed by atoms with van der Waals surface area (Å²) in [6.07, 6.45) is 0. The Morgan fingerprint density at radius 2 is 0.879 bits per heavy atom. The lowest BCUT2D eigenvalue weighted by Gasteiger charge is -2.35. The molecule has 0 saturated heterocycles. The van der Waals surface area contributed by atoms with E-state index >= 15 is 0 Å². The SMILES string of the molecule is CC1(C)c2ccccc2-c2ccc(N(c3ccc(-c4ccccc4)cc3)c3ccccc3-c3cc(C4(c5ccccc5)c5ccccc5-c5ccccc54)c4sc5ccccc5c4c3)cc21. The molecule has 0 N–H and O–H groups in total. The molecule has 1 aromatic heterocycles. The van der Waals surface area contributed by atoms with Gasteiger partial charge in [-0.1, -0.05) is 202 Å². The molecule has 11 aromatic rings. The van der Waals surface area contributed by atoms with E-state index in [1.54, 1.807) is 0 Å². The summed E-state index contributed by atoms with van der Waals surface area (Å²) in [6.45, 7) is 4.75. The maximum absolute atomic E-state index is 2.54. The van der Waals surface area contributed by atoms with Crippen LogP contribution in [0.4, 0.5) is 17.1 Å². The molecule has 312 valence electrons. The Kier molecular flexibility index (Phi) is 8.72. The Morgan fingerprint density at radius 3 is 1.59 bits per heavy atom. The first-order chi connectivity index (χ1) is 32.5. The average molecular weight is 860 g/mol. The van der Waals surface area contributed by atoms with Crippen molar-refractivity contribution in [1.29, 1.82) is 0 Å². The summed E-state index contributed by atoms with van der Waals surface area (Å²) in [7, 11) is 0. The highest BCUT2D eigenvalue weighted by atomic mass is 32.1. The van der Waals surface area contributed by atoms with Gasteiger partial charge in [0.15, 0.2) is 0 Å². The molecular formula is C64H45NS. The van der Waals surface area contributed by atoms with Gasteiger partial charge in [-0.2, -0.15) is 0 Å². The maximum Gasteiger partial charge on any atom is 0.0727 e. The third kappa shape index (κ3) is 5.65. The van der Waals surface area contributed by atoms with Crippen LogP contribution >= 0.6 is 11.3 Å². The van der Waals surface area contributed by atoms with Crippen molar-refractivity contribution in [2.75, 3.05) is 4.90 Å². The molecule has 13 rings (SSSR count). The molecule has 0 atom stereocenters.